The molecule has 4 aliphatic rings. The van der Waals surface area contributed by atoms with Crippen molar-refractivity contribution >= 4 is 18.1 Å². The molecule has 1 aromatic rings. The van der Waals surface area contributed by atoms with Crippen LogP contribution >= 0.6 is 12.4 Å². The number of benzene rings is 1. The van der Waals surface area contributed by atoms with Crippen molar-refractivity contribution in [2.45, 2.75) is 70.6 Å². The number of hydrogen-bond acceptors (Lipinski definition) is 4. The molecule has 0 radical (unpaired) electrons. The highest BCUT2D eigenvalue weighted by Gasteiger charge is 2.53. The number of methoxy groups -OCH3 is 1. The molecule has 2 saturated carbocycles. The summed E-state index contributed by atoms with van der Waals surface area (Å²) in [6.07, 6.45) is 11.5. The molecule has 31 heavy (non-hydrogen) atoms. The summed E-state index contributed by atoms with van der Waals surface area (Å²) in [7, 11) is 1.77. The van der Waals surface area contributed by atoms with Crippen LogP contribution in [0.15, 0.2) is 23.4 Å². The maximum Gasteiger partial charge on any atom is 0.129 e. The van der Waals surface area contributed by atoms with Crippen molar-refractivity contribution in [3.63, 3.8) is 0 Å². The smallest absolute Gasteiger partial charge is 0.129 e. The van der Waals surface area contributed by atoms with Gasteiger partial charge in [0, 0.05) is 12.0 Å². The standard InChI is InChI=1S/C26H38N2O2.ClH/c1-26-13-12-22-21-9-7-20(29-2)18-19(21)6-8-23(22)24(26)10-11-25(26)27-30-17-16-28-14-4-3-5-15-28;/h7,9,18,22-24H,3-6,8,10-17H2,1-2H3;1H/b27-25+;/t22-,23-,24+,26+;/m1./s1. The second kappa shape index (κ2) is 9.70. The monoisotopic (exact) mass is 446 g/mol. The first-order valence-corrected chi connectivity index (χ1v) is 12.3. The van der Waals surface area contributed by atoms with Gasteiger partial charge in [-0.15, -0.1) is 12.4 Å². The van der Waals surface area contributed by atoms with Gasteiger partial charge >= 0.3 is 0 Å². The van der Waals surface area contributed by atoms with Crippen molar-refractivity contribution in [1.29, 1.82) is 0 Å². The van der Waals surface area contributed by atoms with Crippen LogP contribution in [0.4, 0.5) is 0 Å². The summed E-state index contributed by atoms with van der Waals surface area (Å²) in [6, 6.07) is 6.78. The number of halogens is 1. The third-order valence-corrected chi connectivity index (χ3v) is 8.80. The second-order valence-corrected chi connectivity index (χ2v) is 10.2. The third kappa shape index (κ3) is 4.35. The summed E-state index contributed by atoms with van der Waals surface area (Å²) < 4.78 is 5.47. The molecule has 5 heteroatoms. The zero-order valence-electron chi connectivity index (χ0n) is 19.3. The number of rotatable bonds is 5. The Labute approximate surface area is 194 Å². The molecule has 1 saturated heterocycles. The van der Waals surface area contributed by atoms with E-state index in [0.29, 0.717) is 0 Å². The Kier molecular flexibility index (Phi) is 7.17. The fourth-order valence-corrected chi connectivity index (χ4v) is 7.10. The number of hydrogen-bond donors (Lipinski definition) is 0. The number of oxime groups is 1. The average Bonchev–Trinajstić information content (AvgIpc) is 3.13. The first-order valence-electron chi connectivity index (χ1n) is 12.3. The molecule has 0 amide bonds. The van der Waals surface area contributed by atoms with Crippen molar-refractivity contribution in [1.82, 2.24) is 4.90 Å². The van der Waals surface area contributed by atoms with E-state index in [9.17, 15) is 0 Å². The van der Waals surface area contributed by atoms with E-state index in [0.717, 1.165) is 43.1 Å². The van der Waals surface area contributed by atoms with Crippen LogP contribution in [-0.4, -0.2) is 44.0 Å². The van der Waals surface area contributed by atoms with Gasteiger partial charge in [0.1, 0.15) is 12.4 Å². The molecule has 0 unspecified atom stereocenters. The fourth-order valence-electron chi connectivity index (χ4n) is 7.10. The van der Waals surface area contributed by atoms with E-state index in [1.54, 1.807) is 12.7 Å². The highest BCUT2D eigenvalue weighted by molar-refractivity contribution is 5.92. The van der Waals surface area contributed by atoms with Crippen LogP contribution < -0.4 is 4.74 Å². The molecular weight excluding hydrogens is 408 g/mol. The summed E-state index contributed by atoms with van der Waals surface area (Å²) in [6.45, 7) is 6.72. The van der Waals surface area contributed by atoms with E-state index < -0.39 is 0 Å². The Morgan fingerprint density at radius 3 is 2.74 bits per heavy atom. The Balaban J connectivity index is 0.00000231. The van der Waals surface area contributed by atoms with Gasteiger partial charge in [0.2, 0.25) is 0 Å². The first-order chi connectivity index (χ1) is 14.7. The van der Waals surface area contributed by atoms with Gasteiger partial charge in [-0.1, -0.05) is 24.6 Å². The summed E-state index contributed by atoms with van der Waals surface area (Å²) in [5, 5.41) is 4.74. The van der Waals surface area contributed by atoms with Crippen LogP contribution in [0.3, 0.4) is 0 Å². The van der Waals surface area contributed by atoms with Crippen LogP contribution in [0, 0.1) is 17.3 Å². The van der Waals surface area contributed by atoms with Gasteiger partial charge in [-0.2, -0.15) is 0 Å². The maximum absolute atomic E-state index is 5.88. The Morgan fingerprint density at radius 2 is 1.94 bits per heavy atom. The molecule has 172 valence electrons. The van der Waals surface area contributed by atoms with E-state index in [1.165, 1.54) is 75.7 Å². The summed E-state index contributed by atoms with van der Waals surface area (Å²) in [4.78, 5) is 8.42. The number of fused-ring (bicyclic) bond motifs is 5. The van der Waals surface area contributed by atoms with E-state index >= 15 is 0 Å². The van der Waals surface area contributed by atoms with E-state index in [2.05, 4.69) is 30.0 Å². The zero-order chi connectivity index (χ0) is 20.6. The predicted octanol–water partition coefficient (Wildman–Crippen LogP) is 5.83. The molecule has 0 spiro atoms. The predicted molar refractivity (Wildman–Crippen MR) is 129 cm³/mol. The van der Waals surface area contributed by atoms with Crippen LogP contribution in [0.2, 0.25) is 0 Å². The Hall–Kier alpha value is -1.26. The SMILES string of the molecule is COc1ccc2c(c1)CC[C@@H]1[C@@H]2CC[C@]2(C)/C(=N/OCCN3CCCCC3)CC[C@@H]12.Cl. The van der Waals surface area contributed by atoms with Gasteiger partial charge in [0.25, 0.3) is 0 Å². The van der Waals surface area contributed by atoms with Gasteiger partial charge in [-0.25, -0.2) is 0 Å². The number of nitrogens with zero attached hydrogens (tertiary/aromatic N) is 2. The van der Waals surface area contributed by atoms with Crippen LogP contribution in [0.25, 0.3) is 0 Å². The lowest BCUT2D eigenvalue weighted by Gasteiger charge is -2.49. The maximum atomic E-state index is 5.88. The Morgan fingerprint density at radius 1 is 1.10 bits per heavy atom. The molecule has 0 aromatic heterocycles. The largest absolute Gasteiger partial charge is 0.497 e. The molecule has 3 fully saturated rings. The van der Waals surface area contributed by atoms with Crippen molar-refractivity contribution in [2.24, 2.45) is 22.4 Å². The molecule has 3 aliphatic carbocycles. The molecule has 0 bridgehead atoms. The highest BCUT2D eigenvalue weighted by atomic mass is 35.5. The number of aryl methyl sites for hydroxylation is 1. The molecule has 1 aliphatic heterocycles. The van der Waals surface area contributed by atoms with Crippen molar-refractivity contribution in [3.05, 3.63) is 29.3 Å². The van der Waals surface area contributed by atoms with Gasteiger partial charge in [-0.05, 0) is 105 Å². The summed E-state index contributed by atoms with van der Waals surface area (Å²) in [5.41, 5.74) is 4.71. The average molecular weight is 447 g/mol. The van der Waals surface area contributed by atoms with Crippen LogP contribution in [0.1, 0.15) is 75.3 Å². The summed E-state index contributed by atoms with van der Waals surface area (Å²) in [5.74, 6) is 3.28. The van der Waals surface area contributed by atoms with Crippen LogP contribution in [-0.2, 0) is 11.3 Å². The van der Waals surface area contributed by atoms with Crippen molar-refractivity contribution in [3.8, 4) is 5.75 Å². The van der Waals surface area contributed by atoms with E-state index in [4.69, 9.17) is 14.7 Å². The third-order valence-electron chi connectivity index (χ3n) is 8.80. The molecule has 4 atom stereocenters. The van der Waals surface area contributed by atoms with Gasteiger partial charge < -0.3 is 9.57 Å². The lowest BCUT2D eigenvalue weighted by atomic mass is 9.55. The summed E-state index contributed by atoms with van der Waals surface area (Å²) >= 11 is 0. The number of piperidine rings is 1. The van der Waals surface area contributed by atoms with Gasteiger partial charge in [0.05, 0.1) is 12.8 Å². The zero-order valence-corrected chi connectivity index (χ0v) is 20.1. The minimum absolute atomic E-state index is 0. The molecule has 0 N–H and O–H groups in total. The molecule has 1 heterocycles. The lowest BCUT2D eigenvalue weighted by Crippen LogP contribution is -2.42. The quantitative estimate of drug-likeness (QED) is 0.421. The van der Waals surface area contributed by atoms with Crippen LogP contribution in [0.5, 0.6) is 5.75 Å². The minimum atomic E-state index is 0. The minimum Gasteiger partial charge on any atom is -0.497 e. The second-order valence-electron chi connectivity index (χ2n) is 10.2. The van der Waals surface area contributed by atoms with E-state index in [-0.39, 0.29) is 17.8 Å². The molecular formula is C26H39ClN2O2. The number of likely N-dealkylation sites (tertiary alicyclic amines) is 1. The lowest BCUT2D eigenvalue weighted by molar-refractivity contribution is 0.0821. The highest BCUT2D eigenvalue weighted by Crippen LogP contribution is 2.60. The Bertz CT molecular complexity index is 792. The molecule has 4 nitrogen and oxygen atoms in total. The van der Waals surface area contributed by atoms with Crippen molar-refractivity contribution < 1.29 is 9.57 Å². The number of ether oxygens (including phenoxy) is 1. The molecule has 5 rings (SSSR count). The van der Waals surface area contributed by atoms with E-state index in [1.807, 2.05) is 0 Å². The van der Waals surface area contributed by atoms with Gasteiger partial charge in [-0.3, -0.25) is 4.90 Å². The molecule has 1 aromatic carbocycles. The normalized spacial score (nSPS) is 33.7. The van der Waals surface area contributed by atoms with Crippen molar-refractivity contribution in [2.75, 3.05) is 33.4 Å². The fraction of sp³-hybridized carbons (Fsp3) is 0.731. The topological polar surface area (TPSA) is 34.1 Å². The first kappa shape index (κ1) is 22.9. The van der Waals surface area contributed by atoms with Gasteiger partial charge in [0.15, 0.2) is 0 Å².